The van der Waals surface area contributed by atoms with Crippen molar-refractivity contribution in [1.82, 2.24) is 8.96 Å². The molecule has 0 aliphatic carbocycles. The number of hydrogen-bond donors (Lipinski definition) is 0. The maximum atomic E-state index is 2.60. The number of hydrogen-bond acceptors (Lipinski definition) is 2. The molecular formula is C55H38B2N4. The van der Waals surface area contributed by atoms with Crippen LogP contribution in [0.5, 0.6) is 0 Å². The van der Waals surface area contributed by atoms with Gasteiger partial charge in [-0.15, -0.1) is 0 Å². The average molecular weight is 777 g/mol. The first-order valence-corrected chi connectivity index (χ1v) is 21.5. The Balaban J connectivity index is 1.17. The van der Waals surface area contributed by atoms with Gasteiger partial charge in [-0.1, -0.05) is 115 Å². The minimum Gasteiger partial charge on any atom is -0.382 e. The zero-order chi connectivity index (χ0) is 40.2. The Morgan fingerprint density at radius 3 is 1.72 bits per heavy atom. The zero-order valence-corrected chi connectivity index (χ0v) is 34.2. The van der Waals surface area contributed by atoms with Crippen molar-refractivity contribution in [3.63, 3.8) is 0 Å². The van der Waals surface area contributed by atoms with E-state index in [0.29, 0.717) is 0 Å². The summed E-state index contributed by atoms with van der Waals surface area (Å²) in [6.45, 7) is 6.65. The quantitative estimate of drug-likeness (QED) is 0.166. The molecule has 6 heteroatoms. The van der Waals surface area contributed by atoms with Gasteiger partial charge in [0.25, 0.3) is 0 Å². The van der Waals surface area contributed by atoms with Crippen LogP contribution in [-0.4, -0.2) is 22.7 Å². The summed E-state index contributed by atoms with van der Waals surface area (Å²) in [4.78, 5) is 5.18. The number of nitrogens with zero attached hydrogens (tertiary/aromatic N) is 4. The number of anilines is 6. The summed E-state index contributed by atoms with van der Waals surface area (Å²) in [5.41, 5.74) is 26.9. The van der Waals surface area contributed by atoms with Gasteiger partial charge in [-0.05, 0) is 148 Å². The molecule has 4 aliphatic heterocycles. The molecular weight excluding hydrogens is 738 g/mol. The van der Waals surface area contributed by atoms with Gasteiger partial charge >= 0.3 is 13.7 Å². The maximum absolute atomic E-state index is 2.60. The molecule has 0 saturated carbocycles. The molecule has 0 bridgehead atoms. The van der Waals surface area contributed by atoms with Crippen molar-refractivity contribution in [1.29, 1.82) is 0 Å². The van der Waals surface area contributed by atoms with Crippen LogP contribution in [0.3, 0.4) is 0 Å². The van der Waals surface area contributed by atoms with Crippen molar-refractivity contribution in [2.45, 2.75) is 20.8 Å². The van der Waals surface area contributed by atoms with Gasteiger partial charge in [-0.2, -0.15) is 0 Å². The summed E-state index contributed by atoms with van der Waals surface area (Å²) in [5, 5.41) is 2.54. The molecule has 6 heterocycles. The van der Waals surface area contributed by atoms with E-state index in [4.69, 9.17) is 0 Å². The molecule has 0 radical (unpaired) electrons. The van der Waals surface area contributed by atoms with Crippen molar-refractivity contribution in [2.24, 2.45) is 0 Å². The molecule has 0 spiro atoms. The smallest absolute Gasteiger partial charge is 0.332 e. The van der Waals surface area contributed by atoms with Crippen LogP contribution in [0.2, 0.25) is 0 Å². The molecule has 0 fully saturated rings. The van der Waals surface area contributed by atoms with Gasteiger partial charge in [0.05, 0.1) is 5.69 Å². The standard InChI is InChI=1S/C55H38B2N4/c1-33-29-34(2)49(35(3)30-33)38-23-24-44-47(31-38)60(39-15-6-4-7-16-39)48-32-45-55(50-43-21-11-14-37-26-28-59(54(37)43)56(44)52(48)50)61(40-17-8-5-9-18-40)46-22-12-19-41-42-20-10-13-36-25-27-58(53(36)42)57(45)51(41)46/h4-32H,1-3H3. The van der Waals surface area contributed by atoms with Gasteiger partial charge in [0, 0.05) is 56.2 Å². The highest BCUT2D eigenvalue weighted by atomic mass is 15.2. The van der Waals surface area contributed by atoms with Crippen LogP contribution in [0.1, 0.15) is 16.7 Å². The Hall–Kier alpha value is -7.43. The zero-order valence-electron chi connectivity index (χ0n) is 34.2. The number of para-hydroxylation sites is 4. The molecule has 10 aromatic rings. The first-order valence-electron chi connectivity index (χ1n) is 21.5. The second kappa shape index (κ2) is 11.9. The van der Waals surface area contributed by atoms with Crippen LogP contribution in [0.15, 0.2) is 176 Å². The summed E-state index contributed by atoms with van der Waals surface area (Å²) in [6, 6.07) is 62.0. The summed E-state index contributed by atoms with van der Waals surface area (Å²) in [7, 11) is 0. The highest BCUT2D eigenvalue weighted by molar-refractivity contribution is 6.92. The van der Waals surface area contributed by atoms with E-state index < -0.39 is 0 Å². The predicted molar refractivity (Wildman–Crippen MR) is 258 cm³/mol. The number of benzene rings is 8. The van der Waals surface area contributed by atoms with E-state index in [1.54, 1.807) is 0 Å². The molecule has 0 unspecified atom stereocenters. The first kappa shape index (κ1) is 33.4. The highest BCUT2D eigenvalue weighted by Gasteiger charge is 2.49. The second-order valence-electron chi connectivity index (χ2n) is 17.5. The third kappa shape index (κ3) is 4.26. The summed E-state index contributed by atoms with van der Waals surface area (Å²) in [6.07, 6.45) is 4.67. The van der Waals surface area contributed by atoms with Crippen molar-refractivity contribution in [2.75, 3.05) is 9.80 Å². The molecule has 2 aromatic heterocycles. The Bertz CT molecular complexity index is 3520. The van der Waals surface area contributed by atoms with Gasteiger partial charge in [0.2, 0.25) is 0 Å². The van der Waals surface area contributed by atoms with E-state index in [-0.39, 0.29) is 13.7 Å². The van der Waals surface area contributed by atoms with Gasteiger partial charge in [0.15, 0.2) is 0 Å². The van der Waals surface area contributed by atoms with Crippen LogP contribution in [0, 0.1) is 20.8 Å². The minimum atomic E-state index is -0.0392. The molecule has 61 heavy (non-hydrogen) atoms. The van der Waals surface area contributed by atoms with Crippen molar-refractivity contribution in [3.8, 4) is 33.4 Å². The highest BCUT2D eigenvalue weighted by Crippen LogP contribution is 2.51. The fraction of sp³-hybridized carbons (Fsp3) is 0.0545. The molecule has 0 saturated heterocycles. The van der Waals surface area contributed by atoms with Crippen LogP contribution in [-0.2, 0) is 0 Å². The summed E-state index contributed by atoms with van der Waals surface area (Å²) >= 11 is 0. The second-order valence-corrected chi connectivity index (χ2v) is 17.5. The number of rotatable bonds is 3. The lowest BCUT2D eigenvalue weighted by atomic mass is 9.41. The van der Waals surface area contributed by atoms with E-state index in [0.717, 1.165) is 11.4 Å². The van der Waals surface area contributed by atoms with Crippen molar-refractivity contribution in [3.05, 3.63) is 193 Å². The van der Waals surface area contributed by atoms with Crippen molar-refractivity contribution < 1.29 is 0 Å². The van der Waals surface area contributed by atoms with E-state index in [1.165, 1.54) is 116 Å². The topological polar surface area (TPSA) is 16.3 Å². The van der Waals surface area contributed by atoms with E-state index in [9.17, 15) is 0 Å². The van der Waals surface area contributed by atoms with Gasteiger partial charge < -0.3 is 18.8 Å². The van der Waals surface area contributed by atoms with E-state index in [1.807, 2.05) is 0 Å². The molecule has 14 rings (SSSR count). The van der Waals surface area contributed by atoms with Gasteiger partial charge in [-0.25, -0.2) is 0 Å². The van der Waals surface area contributed by atoms with E-state index >= 15 is 0 Å². The SMILES string of the molecule is Cc1cc(C)c(-c2ccc3c(c2)N(c2ccccc2)c2cc4c(c5c2B3n2ccc3cccc-5c32)N(c2ccccc2)c2cccc3c2B4n2ccc4cccc-3c42)c(C)c1. The predicted octanol–water partition coefficient (Wildman–Crippen LogP) is 11.0. The largest absolute Gasteiger partial charge is 0.382 e. The molecule has 0 atom stereocenters. The van der Waals surface area contributed by atoms with Crippen LogP contribution in [0.25, 0.3) is 55.2 Å². The molecule has 0 N–H and O–H groups in total. The molecule has 4 nitrogen and oxygen atoms in total. The number of aromatic nitrogens is 2. The lowest BCUT2D eigenvalue weighted by Crippen LogP contribution is -2.61. The Morgan fingerprint density at radius 1 is 0.410 bits per heavy atom. The van der Waals surface area contributed by atoms with Crippen molar-refractivity contribution >= 4 is 91.5 Å². The van der Waals surface area contributed by atoms with Gasteiger partial charge in [-0.3, -0.25) is 0 Å². The Labute approximate surface area is 355 Å². The normalized spacial score (nSPS) is 13.7. The van der Waals surface area contributed by atoms with E-state index in [2.05, 4.69) is 216 Å². The summed E-state index contributed by atoms with van der Waals surface area (Å²) < 4.78 is 5.14. The Morgan fingerprint density at radius 2 is 1.02 bits per heavy atom. The third-order valence-corrected chi connectivity index (χ3v) is 14.1. The average Bonchev–Trinajstić information content (AvgIpc) is 3.92. The molecule has 8 aromatic carbocycles. The van der Waals surface area contributed by atoms with Crippen LogP contribution in [0.4, 0.5) is 34.1 Å². The first-order chi connectivity index (χ1) is 30.0. The monoisotopic (exact) mass is 776 g/mol. The van der Waals surface area contributed by atoms with Crippen LogP contribution < -0.4 is 31.7 Å². The van der Waals surface area contributed by atoms with Crippen LogP contribution >= 0.6 is 0 Å². The fourth-order valence-corrected chi connectivity index (χ4v) is 12.0. The summed E-state index contributed by atoms with van der Waals surface area (Å²) in [5.74, 6) is 0. The maximum Gasteiger partial charge on any atom is 0.332 e. The number of fused-ring (bicyclic) bond motifs is 9. The third-order valence-electron chi connectivity index (χ3n) is 14.1. The fourth-order valence-electron chi connectivity index (χ4n) is 12.0. The Kier molecular flexibility index (Phi) is 6.50. The molecule has 284 valence electrons. The van der Waals surface area contributed by atoms with Gasteiger partial charge in [0.1, 0.15) is 0 Å². The molecule has 0 amide bonds. The molecule has 4 aliphatic rings. The number of aryl methyl sites for hydroxylation is 3. The lowest BCUT2D eigenvalue weighted by Gasteiger charge is -2.46. The minimum absolute atomic E-state index is 0.0373. The lowest BCUT2D eigenvalue weighted by molar-refractivity contribution is 1.20.